The Balaban J connectivity index is 2.25. The number of anilines is 1. The van der Waals surface area contributed by atoms with Crippen molar-refractivity contribution >= 4 is 22.6 Å². The van der Waals surface area contributed by atoms with Gasteiger partial charge in [0.1, 0.15) is 11.6 Å². The zero-order valence-electron chi connectivity index (χ0n) is 11.5. The van der Waals surface area contributed by atoms with Gasteiger partial charge >= 0.3 is 5.97 Å². The van der Waals surface area contributed by atoms with Crippen molar-refractivity contribution in [2.24, 2.45) is 11.8 Å². The minimum atomic E-state index is -0.824. The molecule has 0 saturated carbocycles. The smallest absolute Gasteiger partial charge is 0.308 e. The van der Waals surface area contributed by atoms with Crippen molar-refractivity contribution in [2.75, 3.05) is 11.9 Å². The summed E-state index contributed by atoms with van der Waals surface area (Å²) in [5.41, 5.74) is 0. The molecule has 0 bridgehead atoms. The SMILES string of the molecule is CC(C)C(CNc1nccc2ccc(O)cc12)C(=O)O. The molecule has 0 amide bonds. The maximum absolute atomic E-state index is 11.2. The molecule has 106 valence electrons. The van der Waals surface area contributed by atoms with Crippen LogP contribution in [0.4, 0.5) is 5.82 Å². The van der Waals surface area contributed by atoms with Crippen LogP contribution in [-0.2, 0) is 4.79 Å². The molecule has 0 aliphatic carbocycles. The molecule has 1 aromatic heterocycles. The number of phenolic OH excluding ortho intramolecular Hbond substituents is 1. The number of aromatic hydroxyl groups is 1. The van der Waals surface area contributed by atoms with Gasteiger partial charge in [0.05, 0.1) is 5.92 Å². The van der Waals surface area contributed by atoms with E-state index in [1.165, 1.54) is 0 Å². The molecule has 5 nitrogen and oxygen atoms in total. The second-order valence-electron chi connectivity index (χ2n) is 5.13. The maximum atomic E-state index is 11.2. The quantitative estimate of drug-likeness (QED) is 0.781. The van der Waals surface area contributed by atoms with Crippen LogP contribution in [0.3, 0.4) is 0 Å². The van der Waals surface area contributed by atoms with Gasteiger partial charge in [-0.3, -0.25) is 4.79 Å². The molecule has 0 fully saturated rings. The molecule has 3 N–H and O–H groups in total. The number of phenols is 1. The predicted molar refractivity (Wildman–Crippen MR) is 77.9 cm³/mol. The first-order valence-electron chi connectivity index (χ1n) is 6.53. The van der Waals surface area contributed by atoms with Crippen LogP contribution < -0.4 is 5.32 Å². The van der Waals surface area contributed by atoms with Crippen LogP contribution in [0.5, 0.6) is 5.75 Å². The lowest BCUT2D eigenvalue weighted by molar-refractivity contribution is -0.142. The number of carboxylic acids is 1. The largest absolute Gasteiger partial charge is 0.508 e. The highest BCUT2D eigenvalue weighted by Gasteiger charge is 2.21. The first-order chi connectivity index (χ1) is 9.49. The van der Waals surface area contributed by atoms with Crippen LogP contribution in [-0.4, -0.2) is 27.7 Å². The lowest BCUT2D eigenvalue weighted by Gasteiger charge is -2.17. The predicted octanol–water partition coefficient (Wildman–Crippen LogP) is 2.71. The van der Waals surface area contributed by atoms with Gasteiger partial charge in [0, 0.05) is 18.1 Å². The number of rotatable bonds is 5. The molecule has 0 aliphatic heterocycles. The minimum absolute atomic E-state index is 0.0309. The fourth-order valence-electron chi connectivity index (χ4n) is 2.11. The van der Waals surface area contributed by atoms with Crippen molar-refractivity contribution < 1.29 is 15.0 Å². The van der Waals surface area contributed by atoms with E-state index in [1.807, 2.05) is 19.9 Å². The van der Waals surface area contributed by atoms with Crippen LogP contribution in [0.2, 0.25) is 0 Å². The van der Waals surface area contributed by atoms with Crippen LogP contribution in [0, 0.1) is 11.8 Å². The van der Waals surface area contributed by atoms with Gasteiger partial charge in [-0.15, -0.1) is 0 Å². The summed E-state index contributed by atoms with van der Waals surface area (Å²) in [5, 5.41) is 23.5. The fourth-order valence-corrected chi connectivity index (χ4v) is 2.11. The Morgan fingerprint density at radius 3 is 2.75 bits per heavy atom. The number of aliphatic carboxylic acids is 1. The summed E-state index contributed by atoms with van der Waals surface area (Å²) in [6.07, 6.45) is 1.66. The minimum Gasteiger partial charge on any atom is -0.508 e. The number of aromatic nitrogens is 1. The molecule has 1 aromatic carbocycles. The van der Waals surface area contributed by atoms with Crippen LogP contribution in [0.25, 0.3) is 10.8 Å². The molecule has 5 heteroatoms. The Bertz CT molecular complexity index is 626. The summed E-state index contributed by atoms with van der Waals surface area (Å²) < 4.78 is 0. The molecular formula is C15H18N2O3. The Hall–Kier alpha value is -2.30. The van der Waals surface area contributed by atoms with E-state index in [0.717, 1.165) is 10.8 Å². The summed E-state index contributed by atoms with van der Waals surface area (Å²) in [6, 6.07) is 6.88. The van der Waals surface area contributed by atoms with Crippen molar-refractivity contribution in [3.63, 3.8) is 0 Å². The second-order valence-corrected chi connectivity index (χ2v) is 5.13. The molecule has 1 unspecified atom stereocenters. The number of nitrogens with zero attached hydrogens (tertiary/aromatic N) is 1. The highest BCUT2D eigenvalue weighted by Crippen LogP contribution is 2.25. The zero-order chi connectivity index (χ0) is 14.7. The number of carboxylic acid groups (broad SMARTS) is 1. The third kappa shape index (κ3) is 2.99. The maximum Gasteiger partial charge on any atom is 0.308 e. The second kappa shape index (κ2) is 5.77. The Labute approximate surface area is 117 Å². The van der Waals surface area contributed by atoms with Crippen molar-refractivity contribution in [3.05, 3.63) is 30.5 Å². The van der Waals surface area contributed by atoms with Crippen LogP contribution in [0.1, 0.15) is 13.8 Å². The van der Waals surface area contributed by atoms with Crippen molar-refractivity contribution in [2.45, 2.75) is 13.8 Å². The van der Waals surface area contributed by atoms with Gasteiger partial charge in [0.2, 0.25) is 0 Å². The first kappa shape index (κ1) is 14.1. The van der Waals surface area contributed by atoms with Gasteiger partial charge in [-0.25, -0.2) is 4.98 Å². The van der Waals surface area contributed by atoms with Crippen molar-refractivity contribution in [1.29, 1.82) is 0 Å². The fraction of sp³-hybridized carbons (Fsp3) is 0.333. The standard InChI is InChI=1S/C15H18N2O3/c1-9(2)13(15(19)20)8-17-14-12-7-11(18)4-3-10(12)5-6-16-14/h3-7,9,13,18H,8H2,1-2H3,(H,16,17)(H,19,20). The summed E-state index contributed by atoms with van der Waals surface area (Å²) in [5.74, 6) is -0.527. The monoisotopic (exact) mass is 274 g/mol. The van der Waals surface area contributed by atoms with Gasteiger partial charge in [0.25, 0.3) is 0 Å². The number of pyridine rings is 1. The van der Waals surface area contributed by atoms with Crippen LogP contribution in [0.15, 0.2) is 30.5 Å². The average molecular weight is 274 g/mol. The number of nitrogens with one attached hydrogen (secondary N) is 1. The zero-order valence-corrected chi connectivity index (χ0v) is 11.5. The summed E-state index contributed by atoms with van der Waals surface area (Å²) >= 11 is 0. The van der Waals surface area contributed by atoms with E-state index in [-0.39, 0.29) is 11.7 Å². The topological polar surface area (TPSA) is 82.5 Å². The molecule has 2 rings (SSSR count). The first-order valence-corrected chi connectivity index (χ1v) is 6.53. The summed E-state index contributed by atoms with van der Waals surface area (Å²) in [4.78, 5) is 15.4. The molecule has 0 spiro atoms. The normalized spacial score (nSPS) is 12.6. The Kier molecular flexibility index (Phi) is 4.08. The van der Waals surface area contributed by atoms with E-state index in [4.69, 9.17) is 0 Å². The van der Waals surface area contributed by atoms with E-state index in [1.54, 1.807) is 24.4 Å². The van der Waals surface area contributed by atoms with E-state index < -0.39 is 11.9 Å². The number of fused-ring (bicyclic) bond motifs is 1. The number of benzene rings is 1. The molecule has 20 heavy (non-hydrogen) atoms. The van der Waals surface area contributed by atoms with Gasteiger partial charge in [-0.2, -0.15) is 0 Å². The molecule has 0 saturated heterocycles. The number of hydrogen-bond donors (Lipinski definition) is 3. The summed E-state index contributed by atoms with van der Waals surface area (Å²) in [6.45, 7) is 4.06. The van der Waals surface area contributed by atoms with Gasteiger partial charge < -0.3 is 15.5 Å². The lowest BCUT2D eigenvalue weighted by Crippen LogP contribution is -2.27. The molecule has 1 heterocycles. The van der Waals surface area contributed by atoms with Crippen molar-refractivity contribution in [3.8, 4) is 5.75 Å². The number of hydrogen-bond acceptors (Lipinski definition) is 4. The van der Waals surface area contributed by atoms with E-state index >= 15 is 0 Å². The third-order valence-corrected chi connectivity index (χ3v) is 3.36. The summed E-state index contributed by atoms with van der Waals surface area (Å²) in [7, 11) is 0. The van der Waals surface area contributed by atoms with Gasteiger partial charge in [0.15, 0.2) is 0 Å². The Morgan fingerprint density at radius 2 is 2.10 bits per heavy atom. The van der Waals surface area contributed by atoms with Crippen LogP contribution >= 0.6 is 0 Å². The molecule has 1 atom stereocenters. The van der Waals surface area contributed by atoms with Gasteiger partial charge in [-0.05, 0) is 29.5 Å². The van der Waals surface area contributed by atoms with E-state index in [0.29, 0.717) is 12.4 Å². The Morgan fingerprint density at radius 1 is 1.35 bits per heavy atom. The third-order valence-electron chi connectivity index (χ3n) is 3.36. The average Bonchev–Trinajstić information content (AvgIpc) is 2.38. The molecule has 0 aliphatic rings. The highest BCUT2D eigenvalue weighted by molar-refractivity contribution is 5.92. The van der Waals surface area contributed by atoms with E-state index in [2.05, 4.69) is 10.3 Å². The van der Waals surface area contributed by atoms with E-state index in [9.17, 15) is 15.0 Å². The molecule has 0 radical (unpaired) electrons. The lowest BCUT2D eigenvalue weighted by atomic mass is 9.96. The highest BCUT2D eigenvalue weighted by atomic mass is 16.4. The van der Waals surface area contributed by atoms with Crippen molar-refractivity contribution in [1.82, 2.24) is 4.98 Å². The number of carbonyl (C=O) groups is 1. The van der Waals surface area contributed by atoms with Gasteiger partial charge in [-0.1, -0.05) is 19.9 Å². The molecule has 2 aromatic rings. The molecular weight excluding hydrogens is 256 g/mol.